The second-order valence-corrected chi connectivity index (χ2v) is 6.44. The maximum absolute atomic E-state index is 10.4. The van der Waals surface area contributed by atoms with E-state index in [4.69, 9.17) is 9.84 Å². The van der Waals surface area contributed by atoms with Crippen LogP contribution in [0.3, 0.4) is 0 Å². The van der Waals surface area contributed by atoms with Gasteiger partial charge in [-0.1, -0.05) is 6.92 Å². The zero-order valence-electron chi connectivity index (χ0n) is 10.3. The van der Waals surface area contributed by atoms with Crippen molar-refractivity contribution in [2.24, 2.45) is 0 Å². The zero-order valence-corrected chi connectivity index (χ0v) is 11.1. The normalized spacial score (nSPS) is 31.8. The Bertz CT molecular complexity index is 266. The Labute approximate surface area is 107 Å². The molecule has 0 aromatic heterocycles. The fourth-order valence-electron chi connectivity index (χ4n) is 2.65. The van der Waals surface area contributed by atoms with Crippen molar-refractivity contribution in [3.63, 3.8) is 0 Å². The lowest BCUT2D eigenvalue weighted by molar-refractivity contribution is -0.145. The van der Waals surface area contributed by atoms with Crippen molar-refractivity contribution in [2.45, 2.75) is 43.6 Å². The first-order valence-electron chi connectivity index (χ1n) is 6.34. The highest BCUT2D eigenvalue weighted by Crippen LogP contribution is 2.31. The van der Waals surface area contributed by atoms with Crippen LogP contribution in [0.5, 0.6) is 0 Å². The van der Waals surface area contributed by atoms with Gasteiger partial charge in [0.2, 0.25) is 0 Å². The lowest BCUT2D eigenvalue weighted by Crippen LogP contribution is -2.43. The summed E-state index contributed by atoms with van der Waals surface area (Å²) >= 11 is 2.06. The third-order valence-corrected chi connectivity index (χ3v) is 4.95. The van der Waals surface area contributed by atoms with Gasteiger partial charge in [-0.25, -0.2) is 4.79 Å². The molecule has 0 spiro atoms. The summed E-state index contributed by atoms with van der Waals surface area (Å²) in [5, 5.41) is 9.35. The number of piperidine rings is 1. The summed E-state index contributed by atoms with van der Waals surface area (Å²) in [6.45, 7) is 4.26. The summed E-state index contributed by atoms with van der Waals surface area (Å²) in [5.41, 5.74) is 0. The second kappa shape index (κ2) is 6.07. The Morgan fingerprint density at radius 3 is 2.71 bits per heavy atom. The van der Waals surface area contributed by atoms with E-state index in [2.05, 4.69) is 23.6 Å². The van der Waals surface area contributed by atoms with Crippen molar-refractivity contribution in [3.05, 3.63) is 0 Å². The van der Waals surface area contributed by atoms with E-state index in [9.17, 15) is 4.79 Å². The number of carboxylic acid groups (broad SMARTS) is 1. The van der Waals surface area contributed by atoms with Gasteiger partial charge >= 0.3 is 5.97 Å². The summed E-state index contributed by atoms with van der Waals surface area (Å²) < 4.78 is 5.35. The zero-order chi connectivity index (χ0) is 12.3. The molecule has 5 heteroatoms. The van der Waals surface area contributed by atoms with Gasteiger partial charge in [-0.3, -0.25) is 4.90 Å². The Kier molecular flexibility index (Phi) is 4.70. The molecule has 98 valence electrons. The number of rotatable bonds is 4. The Morgan fingerprint density at radius 1 is 1.47 bits per heavy atom. The van der Waals surface area contributed by atoms with Gasteiger partial charge in [0.05, 0.1) is 6.10 Å². The monoisotopic (exact) mass is 259 g/mol. The Balaban J connectivity index is 1.69. The van der Waals surface area contributed by atoms with Crippen molar-refractivity contribution in [1.82, 2.24) is 4.90 Å². The highest BCUT2D eigenvalue weighted by molar-refractivity contribution is 8.00. The molecule has 4 nitrogen and oxygen atoms in total. The molecule has 2 atom stereocenters. The minimum atomic E-state index is -0.867. The van der Waals surface area contributed by atoms with Crippen LogP contribution >= 0.6 is 11.8 Å². The molecule has 1 N–H and O–H groups in total. The first kappa shape index (κ1) is 13.2. The van der Waals surface area contributed by atoms with Gasteiger partial charge in [0, 0.05) is 30.1 Å². The van der Waals surface area contributed by atoms with Crippen LogP contribution in [0.25, 0.3) is 0 Å². The molecule has 0 aromatic rings. The van der Waals surface area contributed by atoms with Crippen molar-refractivity contribution in [2.75, 3.05) is 25.4 Å². The molecule has 0 aliphatic carbocycles. The van der Waals surface area contributed by atoms with Crippen LogP contribution in [0.1, 0.15) is 26.2 Å². The average molecular weight is 259 g/mol. The number of hydrogen-bond acceptors (Lipinski definition) is 4. The highest BCUT2D eigenvalue weighted by atomic mass is 32.2. The second-order valence-electron chi connectivity index (χ2n) is 4.97. The molecule has 0 saturated carbocycles. The molecular weight excluding hydrogens is 238 g/mol. The minimum Gasteiger partial charge on any atom is -0.480 e. The third kappa shape index (κ3) is 3.86. The van der Waals surface area contributed by atoms with E-state index in [1.807, 2.05) is 0 Å². The van der Waals surface area contributed by atoms with Crippen molar-refractivity contribution in [1.29, 1.82) is 0 Å². The molecule has 2 aliphatic rings. The average Bonchev–Trinajstić information content (AvgIpc) is 2.74. The maximum atomic E-state index is 10.4. The quantitative estimate of drug-likeness (QED) is 0.828. The number of nitrogens with zero attached hydrogens (tertiary/aromatic N) is 1. The number of carbonyl (C=O) groups is 1. The predicted octanol–water partition coefficient (Wildman–Crippen LogP) is 1.45. The van der Waals surface area contributed by atoms with Gasteiger partial charge < -0.3 is 9.84 Å². The first-order valence-corrected chi connectivity index (χ1v) is 7.39. The van der Waals surface area contributed by atoms with Crippen LogP contribution in [0.15, 0.2) is 0 Å². The van der Waals surface area contributed by atoms with Crippen LogP contribution in [0.4, 0.5) is 0 Å². The lowest BCUT2D eigenvalue weighted by atomic mass is 10.0. The topological polar surface area (TPSA) is 49.8 Å². The van der Waals surface area contributed by atoms with Crippen molar-refractivity contribution in [3.8, 4) is 0 Å². The van der Waals surface area contributed by atoms with Gasteiger partial charge in [-0.05, 0) is 19.3 Å². The first-order chi connectivity index (χ1) is 8.15. The van der Waals surface area contributed by atoms with Crippen molar-refractivity contribution >= 4 is 17.7 Å². The SMILES string of the molecule is CC1CC(N2CCC(OCC(=O)O)CC2)CS1. The van der Waals surface area contributed by atoms with Gasteiger partial charge in [0.25, 0.3) is 0 Å². The fourth-order valence-corrected chi connectivity index (χ4v) is 3.90. The summed E-state index contributed by atoms with van der Waals surface area (Å²) in [7, 11) is 0. The van der Waals surface area contributed by atoms with E-state index < -0.39 is 5.97 Å². The number of carboxylic acids is 1. The highest BCUT2D eigenvalue weighted by Gasteiger charge is 2.30. The summed E-state index contributed by atoms with van der Waals surface area (Å²) in [6, 6.07) is 0.732. The van der Waals surface area contributed by atoms with Gasteiger partial charge in [-0.15, -0.1) is 0 Å². The van der Waals surface area contributed by atoms with Gasteiger partial charge in [-0.2, -0.15) is 11.8 Å². The summed E-state index contributed by atoms with van der Waals surface area (Å²) in [4.78, 5) is 13.0. The molecule has 2 heterocycles. The van der Waals surface area contributed by atoms with Crippen LogP contribution in [-0.2, 0) is 9.53 Å². The van der Waals surface area contributed by atoms with Crippen molar-refractivity contribution < 1.29 is 14.6 Å². The van der Waals surface area contributed by atoms with E-state index in [1.54, 1.807) is 0 Å². The minimum absolute atomic E-state index is 0.147. The Morgan fingerprint density at radius 2 is 2.18 bits per heavy atom. The number of thioether (sulfide) groups is 1. The molecule has 0 aromatic carbocycles. The van der Waals surface area contributed by atoms with E-state index in [0.717, 1.165) is 37.2 Å². The van der Waals surface area contributed by atoms with Crippen LogP contribution < -0.4 is 0 Å². The molecule has 2 unspecified atom stereocenters. The molecule has 17 heavy (non-hydrogen) atoms. The number of aliphatic carboxylic acids is 1. The lowest BCUT2D eigenvalue weighted by Gasteiger charge is -2.35. The molecule has 2 rings (SSSR count). The third-order valence-electron chi connectivity index (χ3n) is 3.61. The predicted molar refractivity (Wildman–Crippen MR) is 68.5 cm³/mol. The van der Waals surface area contributed by atoms with Crippen LogP contribution in [0, 0.1) is 0 Å². The molecule has 2 aliphatic heterocycles. The smallest absolute Gasteiger partial charge is 0.329 e. The molecular formula is C12H21NO3S. The summed E-state index contributed by atoms with van der Waals surface area (Å²) in [6.07, 6.45) is 3.39. The van der Waals surface area contributed by atoms with Gasteiger partial charge in [0.1, 0.15) is 6.61 Å². The van der Waals surface area contributed by atoms with E-state index in [0.29, 0.717) is 0 Å². The van der Waals surface area contributed by atoms with E-state index in [1.165, 1.54) is 12.2 Å². The van der Waals surface area contributed by atoms with E-state index in [-0.39, 0.29) is 12.7 Å². The van der Waals surface area contributed by atoms with Crippen LogP contribution in [-0.4, -0.2) is 58.8 Å². The standard InChI is InChI=1S/C12H21NO3S/c1-9-6-10(8-17-9)13-4-2-11(3-5-13)16-7-12(14)15/h9-11H,2-8H2,1H3,(H,14,15). The number of hydrogen-bond donors (Lipinski definition) is 1. The number of likely N-dealkylation sites (tertiary alicyclic amines) is 1. The largest absolute Gasteiger partial charge is 0.480 e. The number of ether oxygens (including phenoxy) is 1. The molecule has 0 amide bonds. The Hall–Kier alpha value is -0.260. The molecule has 0 bridgehead atoms. The fraction of sp³-hybridized carbons (Fsp3) is 0.917. The van der Waals surface area contributed by atoms with Gasteiger partial charge in [0.15, 0.2) is 0 Å². The van der Waals surface area contributed by atoms with E-state index >= 15 is 0 Å². The van der Waals surface area contributed by atoms with Crippen LogP contribution in [0.2, 0.25) is 0 Å². The summed E-state index contributed by atoms with van der Waals surface area (Å²) in [5.74, 6) is 0.385. The maximum Gasteiger partial charge on any atom is 0.329 e. The molecule has 2 saturated heterocycles. The molecule has 0 radical (unpaired) electrons. The molecule has 2 fully saturated rings.